The van der Waals surface area contributed by atoms with Crippen molar-refractivity contribution in [3.8, 4) is 0 Å². The molecule has 0 spiro atoms. The van der Waals surface area contributed by atoms with Crippen molar-refractivity contribution in [2.45, 2.75) is 18.2 Å². The van der Waals surface area contributed by atoms with E-state index in [-0.39, 0.29) is 17.1 Å². The molecule has 0 unspecified atom stereocenters. The van der Waals surface area contributed by atoms with Crippen LogP contribution in [0.4, 0.5) is 5.69 Å². The van der Waals surface area contributed by atoms with Crippen LogP contribution in [0, 0.1) is 6.92 Å². The van der Waals surface area contributed by atoms with E-state index in [0.29, 0.717) is 6.42 Å². The summed E-state index contributed by atoms with van der Waals surface area (Å²) in [6, 6.07) is 12.8. The normalized spacial score (nSPS) is 12.1. The van der Waals surface area contributed by atoms with Crippen LogP contribution in [0.5, 0.6) is 0 Å². The minimum Gasteiger partial charge on any atom is -0.269 e. The summed E-state index contributed by atoms with van der Waals surface area (Å²) in [6.07, 6.45) is 0.442. The second-order valence-corrected chi connectivity index (χ2v) is 8.16. The summed E-state index contributed by atoms with van der Waals surface area (Å²) in [4.78, 5) is 0.209. The summed E-state index contributed by atoms with van der Waals surface area (Å²) in [7, 11) is -7.86. The topological polar surface area (TPSA) is 113 Å². The Labute approximate surface area is 141 Å². The SMILES string of the molecule is Cc1ccc(S(=O)(=O)NCCc2ccc(NS(=O)(=O)O)cc2)cc1. The van der Waals surface area contributed by atoms with Gasteiger partial charge in [0.05, 0.1) is 10.6 Å². The zero-order valence-electron chi connectivity index (χ0n) is 12.9. The van der Waals surface area contributed by atoms with E-state index in [2.05, 4.69) is 4.72 Å². The first kappa shape index (κ1) is 18.4. The summed E-state index contributed by atoms with van der Waals surface area (Å²) >= 11 is 0. The number of anilines is 1. The van der Waals surface area contributed by atoms with Crippen molar-refractivity contribution in [1.29, 1.82) is 0 Å². The zero-order chi connectivity index (χ0) is 17.8. The molecular formula is C15H18N2O5S2. The second kappa shape index (κ2) is 7.31. The molecule has 24 heavy (non-hydrogen) atoms. The third-order valence-electron chi connectivity index (χ3n) is 3.24. The Morgan fingerprint density at radius 3 is 2.04 bits per heavy atom. The Bertz CT molecular complexity index is 890. The number of rotatable bonds is 7. The number of hydrogen-bond acceptors (Lipinski definition) is 4. The summed E-state index contributed by atoms with van der Waals surface area (Å²) in [5.74, 6) is 0. The molecule has 0 aliphatic heterocycles. The van der Waals surface area contributed by atoms with E-state index < -0.39 is 20.3 Å². The van der Waals surface area contributed by atoms with Crippen molar-refractivity contribution in [3.05, 3.63) is 59.7 Å². The van der Waals surface area contributed by atoms with Crippen LogP contribution in [0.1, 0.15) is 11.1 Å². The van der Waals surface area contributed by atoms with Crippen LogP contribution in [0.2, 0.25) is 0 Å². The Morgan fingerprint density at radius 1 is 0.917 bits per heavy atom. The molecule has 2 aromatic carbocycles. The Kier molecular flexibility index (Phi) is 5.60. The molecule has 0 radical (unpaired) electrons. The fourth-order valence-corrected chi connectivity index (χ4v) is 3.48. The molecule has 7 nitrogen and oxygen atoms in total. The van der Waals surface area contributed by atoms with Gasteiger partial charge in [0, 0.05) is 6.54 Å². The predicted molar refractivity (Wildman–Crippen MR) is 91.7 cm³/mol. The maximum Gasteiger partial charge on any atom is 0.357 e. The molecule has 0 aromatic heterocycles. The van der Waals surface area contributed by atoms with Gasteiger partial charge in [-0.05, 0) is 43.2 Å². The average molecular weight is 370 g/mol. The number of aryl methyl sites for hydroxylation is 1. The summed E-state index contributed by atoms with van der Waals surface area (Å²) in [6.45, 7) is 2.09. The minimum atomic E-state index is -4.30. The van der Waals surface area contributed by atoms with Crippen LogP contribution in [-0.2, 0) is 26.7 Å². The lowest BCUT2D eigenvalue weighted by Crippen LogP contribution is -2.26. The molecule has 130 valence electrons. The largest absolute Gasteiger partial charge is 0.357 e. The highest BCUT2D eigenvalue weighted by molar-refractivity contribution is 7.89. The molecule has 9 heteroatoms. The zero-order valence-corrected chi connectivity index (χ0v) is 14.6. The van der Waals surface area contributed by atoms with E-state index in [1.807, 2.05) is 11.6 Å². The molecule has 0 atom stereocenters. The van der Waals surface area contributed by atoms with Gasteiger partial charge in [-0.3, -0.25) is 9.27 Å². The maximum atomic E-state index is 12.1. The third-order valence-corrected chi connectivity index (χ3v) is 5.21. The number of sulfonamides is 1. The first-order chi connectivity index (χ1) is 11.2. The molecule has 0 saturated carbocycles. The molecule has 0 aliphatic carbocycles. The fraction of sp³-hybridized carbons (Fsp3) is 0.200. The smallest absolute Gasteiger partial charge is 0.269 e. The molecule has 2 rings (SSSR count). The van der Waals surface area contributed by atoms with Gasteiger partial charge in [-0.2, -0.15) is 8.42 Å². The van der Waals surface area contributed by atoms with Gasteiger partial charge >= 0.3 is 10.3 Å². The maximum absolute atomic E-state index is 12.1. The highest BCUT2D eigenvalue weighted by atomic mass is 32.2. The van der Waals surface area contributed by atoms with Crippen molar-refractivity contribution >= 4 is 26.0 Å². The molecular weight excluding hydrogens is 352 g/mol. The second-order valence-electron chi connectivity index (χ2n) is 5.23. The standard InChI is InChI=1S/C15H18N2O5S2/c1-12-2-8-15(9-3-12)23(18,19)16-11-10-13-4-6-14(7-5-13)17-24(20,21)22/h2-9,16-17H,10-11H2,1H3,(H,20,21,22). The van der Waals surface area contributed by atoms with Crippen LogP contribution >= 0.6 is 0 Å². The summed E-state index contributed by atoms with van der Waals surface area (Å²) < 4.78 is 58.8. The number of hydrogen-bond donors (Lipinski definition) is 3. The molecule has 2 aromatic rings. The first-order valence-electron chi connectivity index (χ1n) is 7.06. The van der Waals surface area contributed by atoms with Crippen LogP contribution in [0.15, 0.2) is 53.4 Å². The van der Waals surface area contributed by atoms with Crippen LogP contribution in [0.25, 0.3) is 0 Å². The summed E-state index contributed by atoms with van der Waals surface area (Å²) in [5.41, 5.74) is 2.02. The van der Waals surface area contributed by atoms with Crippen molar-refractivity contribution in [2.24, 2.45) is 0 Å². The minimum absolute atomic E-state index is 0.209. The van der Waals surface area contributed by atoms with E-state index in [0.717, 1.165) is 11.1 Å². The van der Waals surface area contributed by atoms with Gasteiger partial charge in [-0.15, -0.1) is 0 Å². The molecule has 3 N–H and O–H groups in total. The van der Waals surface area contributed by atoms with Gasteiger partial charge in [0.1, 0.15) is 0 Å². The predicted octanol–water partition coefficient (Wildman–Crippen LogP) is 1.73. The van der Waals surface area contributed by atoms with Crippen molar-refractivity contribution in [2.75, 3.05) is 11.3 Å². The molecule has 0 saturated heterocycles. The van der Waals surface area contributed by atoms with Crippen LogP contribution < -0.4 is 9.44 Å². The molecule has 0 heterocycles. The van der Waals surface area contributed by atoms with Crippen LogP contribution in [-0.4, -0.2) is 27.9 Å². The van der Waals surface area contributed by atoms with Crippen LogP contribution in [0.3, 0.4) is 0 Å². The Balaban J connectivity index is 1.93. The van der Waals surface area contributed by atoms with Gasteiger partial charge in [0.15, 0.2) is 0 Å². The first-order valence-corrected chi connectivity index (χ1v) is 9.98. The van der Waals surface area contributed by atoms with Crippen molar-refractivity contribution < 1.29 is 21.4 Å². The number of nitrogens with one attached hydrogen (secondary N) is 2. The molecule has 0 fully saturated rings. The lowest BCUT2D eigenvalue weighted by atomic mass is 10.1. The molecule has 0 bridgehead atoms. The monoisotopic (exact) mass is 370 g/mol. The Hall–Kier alpha value is -1.94. The van der Waals surface area contributed by atoms with Crippen molar-refractivity contribution in [3.63, 3.8) is 0 Å². The van der Waals surface area contributed by atoms with E-state index in [9.17, 15) is 16.8 Å². The van der Waals surface area contributed by atoms with E-state index in [1.54, 1.807) is 36.4 Å². The van der Waals surface area contributed by atoms with E-state index in [4.69, 9.17) is 4.55 Å². The van der Waals surface area contributed by atoms with Gasteiger partial charge in [0.25, 0.3) is 0 Å². The lowest BCUT2D eigenvalue weighted by molar-refractivity contribution is 0.489. The average Bonchev–Trinajstić information content (AvgIpc) is 2.48. The van der Waals surface area contributed by atoms with E-state index >= 15 is 0 Å². The fourth-order valence-electron chi connectivity index (χ4n) is 2.02. The lowest BCUT2D eigenvalue weighted by Gasteiger charge is -2.08. The Morgan fingerprint density at radius 2 is 1.50 bits per heavy atom. The van der Waals surface area contributed by atoms with E-state index in [1.165, 1.54) is 12.1 Å². The third kappa shape index (κ3) is 5.60. The highest BCUT2D eigenvalue weighted by Crippen LogP contribution is 2.12. The quantitative estimate of drug-likeness (QED) is 0.643. The van der Waals surface area contributed by atoms with Gasteiger partial charge < -0.3 is 0 Å². The number of benzene rings is 2. The van der Waals surface area contributed by atoms with Gasteiger partial charge in [-0.1, -0.05) is 29.8 Å². The van der Waals surface area contributed by atoms with Crippen molar-refractivity contribution in [1.82, 2.24) is 4.72 Å². The molecule has 0 amide bonds. The summed E-state index contributed by atoms with van der Waals surface area (Å²) in [5, 5.41) is 0. The highest BCUT2D eigenvalue weighted by Gasteiger charge is 2.12. The van der Waals surface area contributed by atoms with Gasteiger partial charge in [0.2, 0.25) is 10.0 Å². The molecule has 0 aliphatic rings. The van der Waals surface area contributed by atoms with Gasteiger partial charge in [-0.25, -0.2) is 13.1 Å².